The van der Waals surface area contributed by atoms with E-state index in [4.69, 9.17) is 21.1 Å². The van der Waals surface area contributed by atoms with Crippen LogP contribution in [0.3, 0.4) is 0 Å². The molecule has 0 radical (unpaired) electrons. The molecule has 1 aliphatic rings. The number of hydrogen-bond acceptors (Lipinski definition) is 4. The van der Waals surface area contributed by atoms with Crippen molar-refractivity contribution in [2.24, 2.45) is 0 Å². The zero-order valence-electron chi connectivity index (χ0n) is 10.6. The monoisotopic (exact) mass is 307 g/mol. The fourth-order valence-corrected chi connectivity index (χ4v) is 2.07. The van der Waals surface area contributed by atoms with Gasteiger partial charge in [0.2, 0.25) is 0 Å². The lowest BCUT2D eigenvalue weighted by atomic mass is 10.3. The van der Waals surface area contributed by atoms with Crippen molar-refractivity contribution >= 4 is 24.0 Å². The second-order valence-corrected chi connectivity index (χ2v) is 4.72. The molecule has 1 atom stereocenters. The number of aliphatic hydroxyl groups excluding tert-OH is 1. The summed E-state index contributed by atoms with van der Waals surface area (Å²) >= 11 is 5.97. The smallest absolute Gasteiger partial charge is 0.138 e. The number of para-hydroxylation sites is 1. The molecule has 1 heterocycles. The minimum absolute atomic E-state index is 0. The second kappa shape index (κ2) is 8.61. The summed E-state index contributed by atoms with van der Waals surface area (Å²) in [4.78, 5) is 2.17. The zero-order chi connectivity index (χ0) is 12.8. The van der Waals surface area contributed by atoms with Crippen molar-refractivity contribution in [3.8, 4) is 5.75 Å². The van der Waals surface area contributed by atoms with Gasteiger partial charge in [-0.15, -0.1) is 12.4 Å². The summed E-state index contributed by atoms with van der Waals surface area (Å²) in [5.74, 6) is 0.611. The van der Waals surface area contributed by atoms with Gasteiger partial charge in [0.15, 0.2) is 0 Å². The quantitative estimate of drug-likeness (QED) is 0.901. The Labute approximate surface area is 124 Å². The van der Waals surface area contributed by atoms with E-state index in [1.54, 1.807) is 12.1 Å². The molecule has 1 aromatic carbocycles. The second-order valence-electron chi connectivity index (χ2n) is 4.31. The molecular weight excluding hydrogens is 289 g/mol. The van der Waals surface area contributed by atoms with E-state index in [2.05, 4.69) is 4.90 Å². The van der Waals surface area contributed by atoms with Crippen LogP contribution >= 0.6 is 24.0 Å². The number of ether oxygens (including phenoxy) is 2. The number of benzene rings is 1. The van der Waals surface area contributed by atoms with Gasteiger partial charge in [-0.3, -0.25) is 4.90 Å². The molecule has 1 saturated heterocycles. The van der Waals surface area contributed by atoms with Gasteiger partial charge in [-0.05, 0) is 12.1 Å². The number of halogens is 2. The SMILES string of the molecule is Cl.OC(COc1ccccc1Cl)CN1CCOCC1. The lowest BCUT2D eigenvalue weighted by Gasteiger charge is -2.28. The van der Waals surface area contributed by atoms with Crippen molar-refractivity contribution in [2.45, 2.75) is 6.10 Å². The summed E-state index contributed by atoms with van der Waals surface area (Å²) in [5, 5.41) is 10.5. The number of rotatable bonds is 5. The van der Waals surface area contributed by atoms with Crippen molar-refractivity contribution in [1.29, 1.82) is 0 Å². The Hall–Kier alpha value is -0.520. The molecular formula is C13H19Cl2NO3. The fraction of sp³-hybridized carbons (Fsp3) is 0.538. The van der Waals surface area contributed by atoms with Gasteiger partial charge in [0, 0.05) is 19.6 Å². The van der Waals surface area contributed by atoms with Crippen molar-refractivity contribution < 1.29 is 14.6 Å². The minimum Gasteiger partial charge on any atom is -0.489 e. The maximum Gasteiger partial charge on any atom is 0.138 e. The number of nitrogens with zero attached hydrogens (tertiary/aromatic N) is 1. The predicted octanol–water partition coefficient (Wildman–Crippen LogP) is 1.83. The topological polar surface area (TPSA) is 41.9 Å². The summed E-state index contributed by atoms with van der Waals surface area (Å²) < 4.78 is 10.8. The normalized spacial score (nSPS) is 17.6. The van der Waals surface area contributed by atoms with Crippen LogP contribution in [0.25, 0.3) is 0 Å². The van der Waals surface area contributed by atoms with Crippen molar-refractivity contribution in [3.05, 3.63) is 29.3 Å². The largest absolute Gasteiger partial charge is 0.489 e. The van der Waals surface area contributed by atoms with Crippen molar-refractivity contribution in [1.82, 2.24) is 4.90 Å². The van der Waals surface area contributed by atoms with E-state index in [-0.39, 0.29) is 19.0 Å². The first-order chi connectivity index (χ1) is 8.75. The van der Waals surface area contributed by atoms with Gasteiger partial charge in [0.1, 0.15) is 18.5 Å². The number of hydrogen-bond donors (Lipinski definition) is 1. The molecule has 0 aromatic heterocycles. The lowest BCUT2D eigenvalue weighted by molar-refractivity contribution is 0.00467. The van der Waals surface area contributed by atoms with Gasteiger partial charge in [-0.1, -0.05) is 23.7 Å². The molecule has 1 fully saturated rings. The Morgan fingerprint density at radius 3 is 2.68 bits per heavy atom. The predicted molar refractivity (Wildman–Crippen MR) is 77.5 cm³/mol. The highest BCUT2D eigenvalue weighted by Crippen LogP contribution is 2.23. The Morgan fingerprint density at radius 2 is 2.00 bits per heavy atom. The third-order valence-electron chi connectivity index (χ3n) is 2.84. The molecule has 0 bridgehead atoms. The first-order valence-corrected chi connectivity index (χ1v) is 6.49. The number of aliphatic hydroxyl groups is 1. The van der Waals surface area contributed by atoms with Crippen LogP contribution in [0.5, 0.6) is 5.75 Å². The van der Waals surface area contributed by atoms with Gasteiger partial charge in [-0.25, -0.2) is 0 Å². The van der Waals surface area contributed by atoms with Gasteiger partial charge >= 0.3 is 0 Å². The Morgan fingerprint density at radius 1 is 1.32 bits per heavy atom. The van der Waals surface area contributed by atoms with Crippen LogP contribution in [-0.4, -0.2) is 55.6 Å². The maximum absolute atomic E-state index is 9.90. The highest BCUT2D eigenvalue weighted by Gasteiger charge is 2.15. The summed E-state index contributed by atoms with van der Waals surface area (Å²) in [5.41, 5.74) is 0. The summed E-state index contributed by atoms with van der Waals surface area (Å²) in [6.07, 6.45) is -0.514. The molecule has 1 unspecified atom stereocenters. The Bertz CT molecular complexity index is 373. The van der Waals surface area contributed by atoms with E-state index in [0.29, 0.717) is 17.3 Å². The molecule has 4 nitrogen and oxygen atoms in total. The highest BCUT2D eigenvalue weighted by atomic mass is 35.5. The third kappa shape index (κ3) is 5.55. The molecule has 0 saturated carbocycles. The molecule has 6 heteroatoms. The molecule has 1 aromatic rings. The van der Waals surface area contributed by atoms with Gasteiger partial charge in [0.25, 0.3) is 0 Å². The first-order valence-electron chi connectivity index (χ1n) is 6.11. The zero-order valence-corrected chi connectivity index (χ0v) is 12.2. The third-order valence-corrected chi connectivity index (χ3v) is 3.15. The van der Waals surface area contributed by atoms with Crippen LogP contribution in [-0.2, 0) is 4.74 Å². The Balaban J connectivity index is 0.00000180. The van der Waals surface area contributed by atoms with E-state index >= 15 is 0 Å². The fourth-order valence-electron chi connectivity index (χ4n) is 1.88. The summed E-state index contributed by atoms with van der Waals surface area (Å²) in [7, 11) is 0. The van der Waals surface area contributed by atoms with Crippen LogP contribution in [0, 0.1) is 0 Å². The summed E-state index contributed by atoms with van der Waals surface area (Å²) in [6, 6.07) is 7.27. The lowest BCUT2D eigenvalue weighted by Crippen LogP contribution is -2.42. The molecule has 0 spiro atoms. The number of morpholine rings is 1. The van der Waals surface area contributed by atoms with E-state index in [9.17, 15) is 5.11 Å². The molecule has 2 rings (SSSR count). The van der Waals surface area contributed by atoms with Crippen molar-refractivity contribution in [3.63, 3.8) is 0 Å². The first kappa shape index (κ1) is 16.5. The molecule has 1 N–H and O–H groups in total. The van der Waals surface area contributed by atoms with E-state index in [0.717, 1.165) is 26.3 Å². The van der Waals surface area contributed by atoms with Crippen LogP contribution in [0.1, 0.15) is 0 Å². The number of β-amino-alcohol motifs (C(OH)–C–C–N with tert-alkyl or cyclic N) is 1. The van der Waals surface area contributed by atoms with Crippen LogP contribution in [0.2, 0.25) is 5.02 Å². The van der Waals surface area contributed by atoms with Gasteiger partial charge in [0.05, 0.1) is 18.2 Å². The molecule has 1 aliphatic heterocycles. The van der Waals surface area contributed by atoms with Gasteiger partial charge in [-0.2, -0.15) is 0 Å². The van der Waals surface area contributed by atoms with E-state index in [1.807, 2.05) is 12.1 Å². The molecule has 19 heavy (non-hydrogen) atoms. The van der Waals surface area contributed by atoms with E-state index in [1.165, 1.54) is 0 Å². The molecule has 108 valence electrons. The van der Waals surface area contributed by atoms with Gasteiger partial charge < -0.3 is 14.6 Å². The van der Waals surface area contributed by atoms with Crippen LogP contribution < -0.4 is 4.74 Å². The standard InChI is InChI=1S/C13H18ClNO3.ClH/c14-12-3-1-2-4-13(12)18-10-11(16)9-15-5-7-17-8-6-15;/h1-4,11,16H,5-10H2;1H. The van der Waals surface area contributed by atoms with Crippen LogP contribution in [0.15, 0.2) is 24.3 Å². The average Bonchev–Trinajstić information content (AvgIpc) is 2.39. The minimum atomic E-state index is -0.514. The maximum atomic E-state index is 9.90. The highest BCUT2D eigenvalue weighted by molar-refractivity contribution is 6.32. The Kier molecular flexibility index (Phi) is 7.49. The summed E-state index contributed by atoms with van der Waals surface area (Å²) in [6.45, 7) is 4.05. The molecule has 0 aliphatic carbocycles. The van der Waals surface area contributed by atoms with E-state index < -0.39 is 6.10 Å². The van der Waals surface area contributed by atoms with Crippen molar-refractivity contribution in [2.75, 3.05) is 39.5 Å². The van der Waals surface area contributed by atoms with Crippen LogP contribution in [0.4, 0.5) is 0 Å². The average molecular weight is 308 g/mol. The molecule has 0 amide bonds.